The van der Waals surface area contributed by atoms with E-state index < -0.39 is 28.5 Å². The lowest BCUT2D eigenvalue weighted by molar-refractivity contribution is -0.140. The summed E-state index contributed by atoms with van der Waals surface area (Å²) in [4.78, 5) is 28.6. The maximum atomic E-state index is 13.9. The summed E-state index contributed by atoms with van der Waals surface area (Å²) >= 11 is 19.0. The van der Waals surface area contributed by atoms with Crippen LogP contribution in [-0.4, -0.2) is 57.1 Å². The number of benzene rings is 2. The molecule has 1 aliphatic carbocycles. The number of halogens is 3. The smallest absolute Gasteiger partial charge is 0.244 e. The molecule has 0 saturated heterocycles. The first-order valence-corrected chi connectivity index (χ1v) is 15.3. The van der Waals surface area contributed by atoms with E-state index in [0.717, 1.165) is 36.2 Å². The second-order valence-electron chi connectivity index (χ2n) is 9.22. The van der Waals surface area contributed by atoms with Gasteiger partial charge < -0.3 is 15.0 Å². The van der Waals surface area contributed by atoms with Crippen molar-refractivity contribution in [1.29, 1.82) is 0 Å². The number of nitrogens with one attached hydrogen (secondary N) is 1. The molecule has 0 spiro atoms. The molecule has 12 heteroatoms. The first-order chi connectivity index (χ1) is 18.0. The van der Waals surface area contributed by atoms with Gasteiger partial charge in [0, 0.05) is 33.2 Å². The fourth-order valence-electron chi connectivity index (χ4n) is 4.59. The first-order valence-electron chi connectivity index (χ1n) is 12.3. The second-order valence-corrected chi connectivity index (χ2v) is 12.4. The highest BCUT2D eigenvalue weighted by atomic mass is 35.5. The Bertz CT molecular complexity index is 1250. The summed E-state index contributed by atoms with van der Waals surface area (Å²) in [7, 11) is -2.57. The van der Waals surface area contributed by atoms with Crippen molar-refractivity contribution in [2.45, 2.75) is 57.7 Å². The van der Waals surface area contributed by atoms with E-state index in [-0.39, 0.29) is 35.0 Å². The Labute approximate surface area is 239 Å². The van der Waals surface area contributed by atoms with Gasteiger partial charge in [0.15, 0.2) is 0 Å². The lowest BCUT2D eigenvalue weighted by Crippen LogP contribution is -2.53. The third-order valence-corrected chi connectivity index (χ3v) is 8.64. The fraction of sp³-hybridized carbons (Fsp3) is 0.462. The van der Waals surface area contributed by atoms with Gasteiger partial charge in [-0.3, -0.25) is 13.9 Å². The highest BCUT2D eigenvalue weighted by Crippen LogP contribution is 2.33. The van der Waals surface area contributed by atoms with E-state index in [1.165, 1.54) is 24.1 Å². The molecular weight excluding hydrogens is 573 g/mol. The average Bonchev–Trinajstić information content (AvgIpc) is 3.36. The van der Waals surface area contributed by atoms with Crippen LogP contribution in [0.1, 0.15) is 44.6 Å². The topological polar surface area (TPSA) is 96.0 Å². The zero-order valence-electron chi connectivity index (χ0n) is 21.5. The Hall–Kier alpha value is -2.20. The van der Waals surface area contributed by atoms with Crippen molar-refractivity contribution in [2.24, 2.45) is 0 Å². The lowest BCUT2D eigenvalue weighted by Gasteiger charge is -2.34. The summed E-state index contributed by atoms with van der Waals surface area (Å²) in [5.74, 6) is -0.691. The van der Waals surface area contributed by atoms with Crippen molar-refractivity contribution < 1.29 is 22.7 Å². The third-order valence-electron chi connectivity index (χ3n) is 6.57. The Balaban J connectivity index is 2.02. The minimum Gasteiger partial charge on any atom is -0.495 e. The normalized spacial score (nSPS) is 14.7. The molecule has 1 aliphatic rings. The van der Waals surface area contributed by atoms with Crippen LogP contribution in [0.5, 0.6) is 5.75 Å². The molecule has 0 heterocycles. The van der Waals surface area contributed by atoms with Gasteiger partial charge in [0.1, 0.15) is 18.3 Å². The van der Waals surface area contributed by atoms with Crippen molar-refractivity contribution in [3.8, 4) is 5.75 Å². The van der Waals surface area contributed by atoms with Gasteiger partial charge in [0.2, 0.25) is 21.8 Å². The van der Waals surface area contributed by atoms with Crippen LogP contribution >= 0.6 is 34.8 Å². The Kier molecular flexibility index (Phi) is 10.6. The average molecular weight is 605 g/mol. The summed E-state index contributed by atoms with van der Waals surface area (Å²) < 4.78 is 32.0. The molecule has 2 amide bonds. The molecule has 208 valence electrons. The summed E-state index contributed by atoms with van der Waals surface area (Å²) in [5.41, 5.74) is 0.567. The number of nitrogens with zero attached hydrogens (tertiary/aromatic N) is 2. The van der Waals surface area contributed by atoms with E-state index in [0.29, 0.717) is 22.0 Å². The minimum atomic E-state index is -3.96. The van der Waals surface area contributed by atoms with Crippen molar-refractivity contribution in [1.82, 2.24) is 10.2 Å². The molecule has 0 aliphatic heterocycles. The molecule has 1 atom stereocenters. The molecule has 3 rings (SSSR count). The molecule has 1 fully saturated rings. The van der Waals surface area contributed by atoms with Crippen LogP contribution in [0.15, 0.2) is 36.4 Å². The predicted molar refractivity (Wildman–Crippen MR) is 152 cm³/mol. The molecule has 1 unspecified atom stereocenters. The van der Waals surface area contributed by atoms with E-state index >= 15 is 0 Å². The summed E-state index contributed by atoms with van der Waals surface area (Å²) in [6, 6.07) is 8.62. The van der Waals surface area contributed by atoms with Crippen molar-refractivity contribution in [3.05, 3.63) is 57.0 Å². The highest BCUT2D eigenvalue weighted by molar-refractivity contribution is 7.92. The Morgan fingerprint density at radius 2 is 1.74 bits per heavy atom. The Morgan fingerprint density at radius 3 is 2.29 bits per heavy atom. The number of hydrogen-bond acceptors (Lipinski definition) is 5. The molecule has 2 aromatic rings. The number of methoxy groups -OCH3 is 1. The zero-order valence-corrected chi connectivity index (χ0v) is 24.6. The maximum absolute atomic E-state index is 13.9. The van der Waals surface area contributed by atoms with Crippen molar-refractivity contribution >= 4 is 62.3 Å². The molecule has 1 saturated carbocycles. The van der Waals surface area contributed by atoms with Gasteiger partial charge in [-0.15, -0.1) is 0 Å². The van der Waals surface area contributed by atoms with Gasteiger partial charge in [-0.1, -0.05) is 60.6 Å². The van der Waals surface area contributed by atoms with Gasteiger partial charge >= 0.3 is 0 Å². The SMILES string of the molecule is CCC(C(=O)NC1CCCC1)N(Cc1c(Cl)cccc1Cl)C(=O)CN(c1cc(Cl)ccc1OC)S(C)(=O)=O. The molecule has 2 aromatic carbocycles. The highest BCUT2D eigenvalue weighted by Gasteiger charge is 2.34. The second kappa shape index (κ2) is 13.2. The van der Waals surface area contributed by atoms with Gasteiger partial charge in [-0.05, 0) is 49.6 Å². The van der Waals surface area contributed by atoms with Gasteiger partial charge in [-0.25, -0.2) is 8.42 Å². The quantitative estimate of drug-likeness (QED) is 0.376. The number of carbonyl (C=O) groups is 2. The first kappa shape index (κ1) is 30.3. The fourth-order valence-corrected chi connectivity index (χ4v) is 6.12. The molecule has 8 nitrogen and oxygen atoms in total. The summed E-state index contributed by atoms with van der Waals surface area (Å²) in [6.45, 7) is 1.12. The number of ether oxygens (including phenoxy) is 1. The van der Waals surface area contributed by atoms with Crippen LogP contribution in [0.3, 0.4) is 0 Å². The number of hydrogen-bond donors (Lipinski definition) is 1. The van der Waals surface area contributed by atoms with E-state index in [2.05, 4.69) is 5.32 Å². The van der Waals surface area contributed by atoms with Crippen LogP contribution in [-0.2, 0) is 26.2 Å². The molecular formula is C26H32Cl3N3O5S. The van der Waals surface area contributed by atoms with Crippen LogP contribution in [0.25, 0.3) is 0 Å². The Morgan fingerprint density at radius 1 is 1.11 bits per heavy atom. The van der Waals surface area contributed by atoms with Gasteiger partial charge in [0.25, 0.3) is 0 Å². The zero-order chi connectivity index (χ0) is 28.0. The number of sulfonamides is 1. The van der Waals surface area contributed by atoms with Crippen LogP contribution in [0, 0.1) is 0 Å². The molecule has 1 N–H and O–H groups in total. The molecule has 0 bridgehead atoms. The largest absolute Gasteiger partial charge is 0.495 e. The minimum absolute atomic E-state index is 0.0423. The van der Waals surface area contributed by atoms with Crippen molar-refractivity contribution in [3.63, 3.8) is 0 Å². The van der Waals surface area contributed by atoms with Gasteiger partial charge in [0.05, 0.1) is 19.1 Å². The summed E-state index contributed by atoms with van der Waals surface area (Å²) in [5, 5.41) is 3.98. The number of rotatable bonds is 11. The van der Waals surface area contributed by atoms with Crippen LogP contribution in [0.4, 0.5) is 5.69 Å². The molecule has 0 aromatic heterocycles. The number of carbonyl (C=O) groups excluding carboxylic acids is 2. The molecule has 38 heavy (non-hydrogen) atoms. The third kappa shape index (κ3) is 7.46. The molecule has 0 radical (unpaired) electrons. The van der Waals surface area contributed by atoms with E-state index in [9.17, 15) is 18.0 Å². The van der Waals surface area contributed by atoms with Crippen LogP contribution < -0.4 is 14.4 Å². The predicted octanol–water partition coefficient (Wildman–Crippen LogP) is 5.29. The van der Waals surface area contributed by atoms with E-state index in [1.54, 1.807) is 31.2 Å². The number of anilines is 1. The van der Waals surface area contributed by atoms with E-state index in [4.69, 9.17) is 39.5 Å². The summed E-state index contributed by atoms with van der Waals surface area (Å²) in [6.07, 6.45) is 5.10. The number of amides is 2. The van der Waals surface area contributed by atoms with E-state index in [1.807, 2.05) is 0 Å². The lowest BCUT2D eigenvalue weighted by atomic mass is 10.1. The standard InChI is InChI=1S/C26H32Cl3N3O5S/c1-4-22(26(34)30-18-8-5-6-9-18)31(15-19-20(28)10-7-11-21(19)29)25(33)16-32(38(3,35)36)23-14-17(27)12-13-24(23)37-2/h7,10-14,18,22H,4-6,8-9,15-16H2,1-3H3,(H,30,34). The monoisotopic (exact) mass is 603 g/mol. The van der Waals surface area contributed by atoms with Crippen molar-refractivity contribution in [2.75, 3.05) is 24.2 Å². The maximum Gasteiger partial charge on any atom is 0.244 e. The van der Waals surface area contributed by atoms with Crippen LogP contribution in [0.2, 0.25) is 15.1 Å². The van der Waals surface area contributed by atoms with Gasteiger partial charge in [-0.2, -0.15) is 0 Å².